The summed E-state index contributed by atoms with van der Waals surface area (Å²) in [4.78, 5) is 23.3. The number of hydrogen-bond donors (Lipinski definition) is 2. The van der Waals surface area contributed by atoms with E-state index in [2.05, 4.69) is 0 Å². The molecule has 0 fully saturated rings. The number of rotatable bonds is 6. The molecule has 1 unspecified atom stereocenters. The van der Waals surface area contributed by atoms with Gasteiger partial charge in [-0.15, -0.1) is 0 Å². The summed E-state index contributed by atoms with van der Waals surface area (Å²) in [6, 6.07) is 23.3. The summed E-state index contributed by atoms with van der Waals surface area (Å²) in [6.45, 7) is 3.70. The maximum atomic E-state index is 12.2. The van der Waals surface area contributed by atoms with Gasteiger partial charge < -0.3 is 20.3 Å². The third kappa shape index (κ3) is 6.97. The highest BCUT2D eigenvalue weighted by molar-refractivity contribution is 6.02. The first-order valence-electron chi connectivity index (χ1n) is 9.81. The van der Waals surface area contributed by atoms with Gasteiger partial charge >= 0.3 is 11.9 Å². The Bertz CT molecular complexity index is 1000. The number of benzene rings is 3. The van der Waals surface area contributed by atoms with E-state index in [1.54, 1.807) is 44.4 Å². The van der Waals surface area contributed by atoms with Gasteiger partial charge in [0.1, 0.15) is 11.9 Å². The maximum absolute atomic E-state index is 12.2. The summed E-state index contributed by atoms with van der Waals surface area (Å²) in [5, 5.41) is 9.11. The van der Waals surface area contributed by atoms with Crippen molar-refractivity contribution >= 4 is 11.9 Å². The molecule has 162 valence electrons. The number of aromatic carboxylic acids is 1. The quantitative estimate of drug-likeness (QED) is 0.542. The van der Waals surface area contributed by atoms with E-state index in [4.69, 9.17) is 20.3 Å². The number of carbonyl (C=O) groups excluding carboxylic acids is 1. The van der Waals surface area contributed by atoms with Crippen LogP contribution in [0.5, 0.6) is 5.75 Å². The van der Waals surface area contributed by atoms with Crippen molar-refractivity contribution in [3.63, 3.8) is 0 Å². The smallest absolute Gasteiger partial charge is 0.339 e. The fourth-order valence-corrected chi connectivity index (χ4v) is 2.79. The predicted octanol–water partition coefficient (Wildman–Crippen LogP) is 5.02. The Labute approximate surface area is 182 Å². The molecule has 3 rings (SSSR count). The van der Waals surface area contributed by atoms with Crippen molar-refractivity contribution in [2.45, 2.75) is 26.0 Å². The summed E-state index contributed by atoms with van der Waals surface area (Å²) in [5.74, 6) is -1.18. The van der Waals surface area contributed by atoms with Crippen molar-refractivity contribution in [1.82, 2.24) is 0 Å². The lowest BCUT2D eigenvalue weighted by Gasteiger charge is -2.15. The number of carboxylic acid groups (broad SMARTS) is 1. The van der Waals surface area contributed by atoms with Gasteiger partial charge in [-0.3, -0.25) is 0 Å². The topological polar surface area (TPSA) is 98.8 Å². The molecule has 0 aliphatic rings. The second-order valence-electron chi connectivity index (χ2n) is 6.87. The molecule has 0 radical (unpaired) electrons. The number of nitrogens with two attached hydrogens (primary N) is 1. The lowest BCUT2D eigenvalue weighted by Crippen LogP contribution is -2.13. The Morgan fingerprint density at radius 1 is 0.839 bits per heavy atom. The Hall–Kier alpha value is -3.64. The minimum absolute atomic E-state index is 0.0322. The SMILES string of the molecule is COc1cccc(C(C)OC(=O)c2ccccc2C(=O)O)c1.C[C@@H](N)c1ccccc1. The van der Waals surface area contributed by atoms with Crippen LogP contribution in [0.25, 0.3) is 0 Å². The largest absolute Gasteiger partial charge is 0.497 e. The highest BCUT2D eigenvalue weighted by Gasteiger charge is 2.20. The summed E-state index contributed by atoms with van der Waals surface area (Å²) in [7, 11) is 1.55. The predicted molar refractivity (Wildman–Crippen MR) is 119 cm³/mol. The Morgan fingerprint density at radius 2 is 1.42 bits per heavy atom. The zero-order chi connectivity index (χ0) is 22.8. The standard InChI is InChI=1S/C17H16O5.C8H11N/c1-11(12-6-5-7-13(10-12)21-2)22-17(20)15-9-4-3-8-14(15)16(18)19;1-7(9)8-5-3-2-4-6-8/h3-11H,1-2H3,(H,18,19);2-7H,9H2,1H3/t;7-/m.1/s1. The molecule has 3 aromatic rings. The second kappa shape index (κ2) is 11.5. The molecule has 3 aromatic carbocycles. The molecule has 0 saturated heterocycles. The van der Waals surface area contributed by atoms with Crippen molar-refractivity contribution in [3.05, 3.63) is 101 Å². The molecular weight excluding hydrogens is 394 g/mol. The van der Waals surface area contributed by atoms with E-state index in [-0.39, 0.29) is 17.2 Å². The number of hydrogen-bond acceptors (Lipinski definition) is 5. The van der Waals surface area contributed by atoms with Crippen molar-refractivity contribution in [3.8, 4) is 5.75 Å². The van der Waals surface area contributed by atoms with E-state index in [0.29, 0.717) is 5.75 Å². The van der Waals surface area contributed by atoms with Crippen LogP contribution in [0.4, 0.5) is 0 Å². The first-order valence-corrected chi connectivity index (χ1v) is 9.81. The lowest BCUT2D eigenvalue weighted by molar-refractivity contribution is 0.0331. The van der Waals surface area contributed by atoms with Gasteiger partial charge in [-0.2, -0.15) is 0 Å². The molecule has 2 atom stereocenters. The number of ether oxygens (including phenoxy) is 2. The monoisotopic (exact) mass is 421 g/mol. The maximum Gasteiger partial charge on any atom is 0.339 e. The highest BCUT2D eigenvalue weighted by atomic mass is 16.5. The number of methoxy groups -OCH3 is 1. The molecule has 3 N–H and O–H groups in total. The van der Waals surface area contributed by atoms with Gasteiger partial charge in [-0.25, -0.2) is 9.59 Å². The Balaban J connectivity index is 0.000000316. The minimum atomic E-state index is -1.17. The Morgan fingerprint density at radius 3 is 1.97 bits per heavy atom. The molecule has 6 heteroatoms. The van der Waals surface area contributed by atoms with Crippen LogP contribution < -0.4 is 10.5 Å². The fraction of sp³-hybridized carbons (Fsp3) is 0.200. The zero-order valence-electron chi connectivity index (χ0n) is 17.8. The van der Waals surface area contributed by atoms with Crippen molar-refractivity contribution < 1.29 is 24.2 Å². The first-order chi connectivity index (χ1) is 14.8. The Kier molecular flexibility index (Phi) is 8.78. The molecule has 0 spiro atoms. The summed E-state index contributed by atoms with van der Waals surface area (Å²) < 4.78 is 10.5. The molecule has 0 amide bonds. The molecule has 0 aliphatic carbocycles. The van der Waals surface area contributed by atoms with Crippen LogP contribution in [-0.2, 0) is 4.74 Å². The van der Waals surface area contributed by atoms with Crippen LogP contribution in [0.1, 0.15) is 57.8 Å². The van der Waals surface area contributed by atoms with Crippen LogP contribution in [0.3, 0.4) is 0 Å². The normalized spacial score (nSPS) is 12.0. The lowest BCUT2D eigenvalue weighted by atomic mass is 10.1. The van der Waals surface area contributed by atoms with Gasteiger partial charge in [0.25, 0.3) is 0 Å². The molecule has 0 aromatic heterocycles. The van der Waals surface area contributed by atoms with Gasteiger partial charge in [0.05, 0.1) is 18.2 Å². The van der Waals surface area contributed by atoms with E-state index in [0.717, 1.165) is 5.56 Å². The average Bonchev–Trinajstić information content (AvgIpc) is 2.80. The summed E-state index contributed by atoms with van der Waals surface area (Å²) in [5.41, 5.74) is 7.52. The molecule has 0 saturated carbocycles. The molecule has 0 aliphatic heterocycles. The van der Waals surface area contributed by atoms with Gasteiger partial charge in [0.15, 0.2) is 0 Å². The third-order valence-corrected chi connectivity index (χ3v) is 4.55. The number of carbonyl (C=O) groups is 2. The van der Waals surface area contributed by atoms with Crippen molar-refractivity contribution in [1.29, 1.82) is 0 Å². The second-order valence-corrected chi connectivity index (χ2v) is 6.87. The molecular formula is C25H27NO5. The number of carboxylic acids is 1. The van der Waals surface area contributed by atoms with Crippen molar-refractivity contribution in [2.24, 2.45) is 5.73 Å². The van der Waals surface area contributed by atoms with E-state index < -0.39 is 18.0 Å². The third-order valence-electron chi connectivity index (χ3n) is 4.55. The highest BCUT2D eigenvalue weighted by Crippen LogP contribution is 2.23. The minimum Gasteiger partial charge on any atom is -0.497 e. The van der Waals surface area contributed by atoms with E-state index >= 15 is 0 Å². The molecule has 6 nitrogen and oxygen atoms in total. The molecule has 31 heavy (non-hydrogen) atoms. The summed E-state index contributed by atoms with van der Waals surface area (Å²) >= 11 is 0. The number of esters is 1. The average molecular weight is 421 g/mol. The van der Waals surface area contributed by atoms with Gasteiger partial charge in [-0.05, 0) is 49.2 Å². The van der Waals surface area contributed by atoms with Crippen LogP contribution >= 0.6 is 0 Å². The zero-order valence-corrected chi connectivity index (χ0v) is 17.8. The van der Waals surface area contributed by atoms with Gasteiger partial charge in [-0.1, -0.05) is 54.6 Å². The summed E-state index contributed by atoms with van der Waals surface area (Å²) in [6.07, 6.45) is -0.524. The van der Waals surface area contributed by atoms with Crippen LogP contribution in [0, 0.1) is 0 Å². The fourth-order valence-electron chi connectivity index (χ4n) is 2.79. The van der Waals surface area contributed by atoms with Crippen LogP contribution in [-0.4, -0.2) is 24.2 Å². The van der Waals surface area contributed by atoms with Gasteiger partial charge in [0.2, 0.25) is 0 Å². The van der Waals surface area contributed by atoms with Crippen molar-refractivity contribution in [2.75, 3.05) is 7.11 Å². The van der Waals surface area contributed by atoms with Crippen LogP contribution in [0.15, 0.2) is 78.9 Å². The van der Waals surface area contributed by atoms with E-state index in [1.165, 1.54) is 17.7 Å². The van der Waals surface area contributed by atoms with E-state index in [1.807, 2.05) is 43.3 Å². The van der Waals surface area contributed by atoms with Gasteiger partial charge in [0, 0.05) is 6.04 Å². The molecule has 0 bridgehead atoms. The van der Waals surface area contributed by atoms with E-state index in [9.17, 15) is 9.59 Å². The van der Waals surface area contributed by atoms with Crippen LogP contribution in [0.2, 0.25) is 0 Å². The first kappa shape index (κ1) is 23.6. The molecule has 0 heterocycles.